The van der Waals surface area contributed by atoms with E-state index in [0.717, 1.165) is 0 Å². The quantitative estimate of drug-likeness (QED) is 0.516. The Bertz CT molecular complexity index is 172. The predicted molar refractivity (Wildman–Crippen MR) is 45.0 cm³/mol. The largest absolute Gasteiger partial charge is 0.464 e. The van der Waals surface area contributed by atoms with Gasteiger partial charge < -0.3 is 10.1 Å². The van der Waals surface area contributed by atoms with Crippen LogP contribution in [-0.4, -0.2) is 30.4 Å². The van der Waals surface area contributed by atoms with Crippen LogP contribution in [0, 0.1) is 0 Å². The Morgan fingerprint density at radius 2 is 2.17 bits per heavy atom. The van der Waals surface area contributed by atoms with Gasteiger partial charge in [-0.05, 0) is 6.92 Å². The molecule has 1 atom stereocenters. The maximum absolute atomic E-state index is 11.0. The summed E-state index contributed by atoms with van der Waals surface area (Å²) in [4.78, 5) is 21.5. The maximum Gasteiger partial charge on any atom is 0.329 e. The van der Waals surface area contributed by atoms with Crippen LogP contribution < -0.4 is 5.32 Å². The first-order valence-electron chi connectivity index (χ1n) is 3.61. The van der Waals surface area contributed by atoms with E-state index >= 15 is 0 Å². The average molecular weight is 194 g/mol. The molecule has 0 bridgehead atoms. The van der Waals surface area contributed by atoms with E-state index in [4.69, 9.17) is 11.6 Å². The van der Waals surface area contributed by atoms with Crippen molar-refractivity contribution in [1.82, 2.24) is 5.32 Å². The summed E-state index contributed by atoms with van der Waals surface area (Å²) in [7, 11) is 0. The number of alkyl halides is 1. The van der Waals surface area contributed by atoms with Gasteiger partial charge in [0.15, 0.2) is 0 Å². The first kappa shape index (κ1) is 11.2. The molecule has 0 aromatic rings. The number of carbonyl (C=O) groups excluding carboxylic acids is 2. The monoisotopic (exact) mass is 193 g/mol. The highest BCUT2D eigenvalue weighted by atomic mass is 35.5. The number of ether oxygens (including phenoxy) is 1. The van der Waals surface area contributed by atoms with Gasteiger partial charge in [-0.1, -0.05) is 0 Å². The van der Waals surface area contributed by atoms with Gasteiger partial charge in [0.05, 0.1) is 12.5 Å². The fourth-order valence-electron chi connectivity index (χ4n) is 0.649. The second-order valence-electron chi connectivity index (χ2n) is 2.16. The summed E-state index contributed by atoms with van der Waals surface area (Å²) < 4.78 is 4.66. The minimum absolute atomic E-state index is 0.0262. The third kappa shape index (κ3) is 4.18. The number of halogens is 1. The lowest BCUT2D eigenvalue weighted by Crippen LogP contribution is -2.42. The van der Waals surface area contributed by atoms with Crippen molar-refractivity contribution in [3.05, 3.63) is 0 Å². The van der Waals surface area contributed by atoms with E-state index in [1.807, 2.05) is 0 Å². The van der Waals surface area contributed by atoms with Gasteiger partial charge in [-0.3, -0.25) is 4.79 Å². The summed E-state index contributed by atoms with van der Waals surface area (Å²) in [5.41, 5.74) is 0. The van der Waals surface area contributed by atoms with Gasteiger partial charge in [-0.25, -0.2) is 4.79 Å². The molecule has 0 fully saturated rings. The Kier molecular flexibility index (Phi) is 5.45. The van der Waals surface area contributed by atoms with Crippen LogP contribution in [0.5, 0.6) is 0 Å². The van der Waals surface area contributed by atoms with Crippen LogP contribution in [0.15, 0.2) is 0 Å². The highest BCUT2D eigenvalue weighted by molar-refractivity contribution is 6.19. The number of hydrogen-bond acceptors (Lipinski definition) is 3. The number of hydrogen-bond donors (Lipinski definition) is 1. The summed E-state index contributed by atoms with van der Waals surface area (Å²) in [5.74, 6) is -0.769. The van der Waals surface area contributed by atoms with E-state index in [1.54, 1.807) is 6.92 Å². The zero-order valence-electron chi connectivity index (χ0n) is 7.09. The molecule has 0 radical (unpaired) electrons. The molecule has 1 N–H and O–H groups in total. The molecule has 0 saturated carbocycles. The summed E-state index contributed by atoms with van der Waals surface area (Å²) >= 11 is 5.43. The molecule has 0 unspecified atom stereocenters. The maximum atomic E-state index is 11.0. The third-order valence-electron chi connectivity index (χ3n) is 1.10. The second kappa shape index (κ2) is 5.83. The standard InChI is InChI=1S/C7H12ClNO3/c1-3-12-7(11)6(4-8)9-5(2)10/h6H,3-4H2,1-2H3,(H,9,10)/t6-/m1/s1. The lowest BCUT2D eigenvalue weighted by molar-refractivity contribution is -0.146. The molecule has 4 nitrogen and oxygen atoms in total. The minimum atomic E-state index is -0.732. The summed E-state index contributed by atoms with van der Waals surface area (Å²) in [6.45, 7) is 3.29. The smallest absolute Gasteiger partial charge is 0.329 e. The van der Waals surface area contributed by atoms with E-state index in [-0.39, 0.29) is 18.4 Å². The summed E-state index contributed by atoms with van der Waals surface area (Å²) in [6, 6.07) is -0.732. The van der Waals surface area contributed by atoms with Crippen molar-refractivity contribution in [2.45, 2.75) is 19.9 Å². The summed E-state index contributed by atoms with van der Waals surface area (Å²) in [6.07, 6.45) is 0. The van der Waals surface area contributed by atoms with Crippen LogP contribution in [0.4, 0.5) is 0 Å². The molecular weight excluding hydrogens is 182 g/mol. The van der Waals surface area contributed by atoms with Crippen LogP contribution in [-0.2, 0) is 14.3 Å². The Hall–Kier alpha value is -0.770. The number of esters is 1. The van der Waals surface area contributed by atoms with Crippen LogP contribution >= 0.6 is 11.6 Å². The minimum Gasteiger partial charge on any atom is -0.464 e. The van der Waals surface area contributed by atoms with E-state index in [1.165, 1.54) is 6.92 Å². The van der Waals surface area contributed by atoms with Gasteiger partial charge in [-0.2, -0.15) is 0 Å². The fourth-order valence-corrected chi connectivity index (χ4v) is 0.852. The predicted octanol–water partition coefficient (Wildman–Crippen LogP) is 0.293. The van der Waals surface area contributed by atoms with Gasteiger partial charge in [0.2, 0.25) is 5.91 Å². The van der Waals surface area contributed by atoms with Gasteiger partial charge in [0.1, 0.15) is 6.04 Å². The normalized spacial score (nSPS) is 11.9. The SMILES string of the molecule is CCOC(=O)[C@@H](CCl)NC(C)=O. The van der Waals surface area contributed by atoms with E-state index < -0.39 is 12.0 Å². The zero-order valence-corrected chi connectivity index (χ0v) is 7.85. The van der Waals surface area contributed by atoms with Crippen LogP contribution in [0.25, 0.3) is 0 Å². The van der Waals surface area contributed by atoms with Crippen molar-refractivity contribution >= 4 is 23.5 Å². The van der Waals surface area contributed by atoms with E-state index in [9.17, 15) is 9.59 Å². The Morgan fingerprint density at radius 3 is 2.50 bits per heavy atom. The average Bonchev–Trinajstić information content (AvgIpc) is 2.00. The Morgan fingerprint density at radius 1 is 1.58 bits per heavy atom. The van der Waals surface area contributed by atoms with Crippen molar-refractivity contribution < 1.29 is 14.3 Å². The Balaban J connectivity index is 3.96. The van der Waals surface area contributed by atoms with Crippen LogP contribution in [0.2, 0.25) is 0 Å². The summed E-state index contributed by atoms with van der Waals surface area (Å²) in [5, 5.41) is 2.37. The molecule has 5 heteroatoms. The van der Waals surface area contributed by atoms with E-state index in [2.05, 4.69) is 10.1 Å². The number of rotatable bonds is 4. The molecule has 0 spiro atoms. The number of amides is 1. The molecule has 0 aliphatic heterocycles. The molecule has 0 aliphatic rings. The van der Waals surface area contributed by atoms with Crippen molar-refractivity contribution in [3.63, 3.8) is 0 Å². The van der Waals surface area contributed by atoms with Crippen LogP contribution in [0.1, 0.15) is 13.8 Å². The molecule has 0 saturated heterocycles. The molecule has 0 rings (SSSR count). The molecular formula is C7H12ClNO3. The van der Waals surface area contributed by atoms with Gasteiger partial charge in [0.25, 0.3) is 0 Å². The van der Waals surface area contributed by atoms with Crippen molar-refractivity contribution in [2.75, 3.05) is 12.5 Å². The Labute approximate surface area is 76.2 Å². The third-order valence-corrected chi connectivity index (χ3v) is 1.41. The molecule has 0 aromatic heterocycles. The second-order valence-corrected chi connectivity index (χ2v) is 2.47. The van der Waals surface area contributed by atoms with Crippen molar-refractivity contribution in [3.8, 4) is 0 Å². The van der Waals surface area contributed by atoms with Crippen molar-refractivity contribution in [1.29, 1.82) is 0 Å². The molecule has 70 valence electrons. The topological polar surface area (TPSA) is 55.4 Å². The highest BCUT2D eigenvalue weighted by Gasteiger charge is 2.18. The van der Waals surface area contributed by atoms with Gasteiger partial charge in [0, 0.05) is 6.92 Å². The highest BCUT2D eigenvalue weighted by Crippen LogP contribution is 1.92. The molecule has 1 amide bonds. The molecule has 0 heterocycles. The van der Waals surface area contributed by atoms with E-state index in [0.29, 0.717) is 0 Å². The lowest BCUT2D eigenvalue weighted by Gasteiger charge is -2.12. The number of carbonyl (C=O) groups is 2. The van der Waals surface area contributed by atoms with Crippen LogP contribution in [0.3, 0.4) is 0 Å². The lowest BCUT2D eigenvalue weighted by atomic mass is 10.3. The molecule has 0 aromatic carbocycles. The molecule has 12 heavy (non-hydrogen) atoms. The molecule has 0 aliphatic carbocycles. The van der Waals surface area contributed by atoms with Gasteiger partial charge >= 0.3 is 5.97 Å². The van der Waals surface area contributed by atoms with Gasteiger partial charge in [-0.15, -0.1) is 11.6 Å². The van der Waals surface area contributed by atoms with Crippen molar-refractivity contribution in [2.24, 2.45) is 0 Å². The zero-order chi connectivity index (χ0) is 9.56. The number of nitrogens with one attached hydrogen (secondary N) is 1. The first-order valence-corrected chi connectivity index (χ1v) is 4.15. The first-order chi connectivity index (χ1) is 5.61. The fraction of sp³-hybridized carbons (Fsp3) is 0.714.